The number of hydrogen-bond donors (Lipinski definition) is 2. The van der Waals surface area contributed by atoms with E-state index in [9.17, 15) is 14.7 Å². The lowest BCUT2D eigenvalue weighted by Gasteiger charge is -2.23. The first-order valence-corrected chi connectivity index (χ1v) is 7.03. The maximum absolute atomic E-state index is 11.5. The van der Waals surface area contributed by atoms with Crippen LogP contribution in [-0.4, -0.2) is 16.9 Å². The fourth-order valence-electron chi connectivity index (χ4n) is 2.22. The molecule has 0 bridgehead atoms. The number of carboxylic acid groups (broad SMARTS) is 1. The van der Waals surface area contributed by atoms with Gasteiger partial charge in [-0.25, -0.2) is 0 Å². The van der Waals surface area contributed by atoms with E-state index in [0.717, 1.165) is 11.4 Å². The third-order valence-corrected chi connectivity index (χ3v) is 3.68. The van der Waals surface area contributed by atoms with Crippen LogP contribution >= 0.6 is 0 Å². The Labute approximate surface area is 129 Å². The van der Waals surface area contributed by atoms with Crippen LogP contribution in [0.15, 0.2) is 48.5 Å². The number of nitrogens with one attached hydrogen (secondary N) is 1. The predicted octanol–water partition coefficient (Wildman–Crippen LogP) is 4.00. The zero-order valence-corrected chi connectivity index (χ0v) is 12.9. The molecule has 114 valence electrons. The Morgan fingerprint density at radius 3 is 2.36 bits per heavy atom. The molecule has 0 aliphatic heterocycles. The maximum atomic E-state index is 11.5. The first-order valence-electron chi connectivity index (χ1n) is 7.03. The van der Waals surface area contributed by atoms with Crippen molar-refractivity contribution in [2.45, 2.75) is 26.2 Å². The fourth-order valence-corrected chi connectivity index (χ4v) is 2.22. The van der Waals surface area contributed by atoms with E-state index in [1.807, 2.05) is 24.3 Å². The van der Waals surface area contributed by atoms with Crippen molar-refractivity contribution in [3.05, 3.63) is 59.7 Å². The highest BCUT2D eigenvalue weighted by Crippen LogP contribution is 2.32. The Morgan fingerprint density at radius 1 is 1.05 bits per heavy atom. The van der Waals surface area contributed by atoms with Gasteiger partial charge in [0.1, 0.15) is 0 Å². The van der Waals surface area contributed by atoms with Crippen LogP contribution in [-0.2, 0) is 10.2 Å². The second-order valence-electron chi connectivity index (χ2n) is 5.74. The molecule has 0 amide bonds. The summed E-state index contributed by atoms with van der Waals surface area (Å²) in [6, 6.07) is 14.4. The molecule has 0 unspecified atom stereocenters. The summed E-state index contributed by atoms with van der Waals surface area (Å²) >= 11 is 0. The number of aliphatic carboxylic acids is 1. The largest absolute Gasteiger partial charge is 0.481 e. The van der Waals surface area contributed by atoms with Crippen LogP contribution in [0, 0.1) is 0 Å². The lowest BCUT2D eigenvalue weighted by atomic mass is 9.83. The smallest absolute Gasteiger partial charge is 0.313 e. The highest BCUT2D eigenvalue weighted by atomic mass is 16.4. The van der Waals surface area contributed by atoms with Gasteiger partial charge in [-0.3, -0.25) is 9.59 Å². The van der Waals surface area contributed by atoms with Crippen molar-refractivity contribution in [2.75, 3.05) is 5.32 Å². The lowest BCUT2D eigenvalue weighted by molar-refractivity contribution is -0.142. The second-order valence-corrected chi connectivity index (χ2v) is 5.74. The Hall–Kier alpha value is -2.62. The molecule has 2 rings (SSSR count). The average Bonchev–Trinajstić information content (AvgIpc) is 2.47. The summed E-state index contributed by atoms with van der Waals surface area (Å²) < 4.78 is 0. The van der Waals surface area contributed by atoms with Gasteiger partial charge < -0.3 is 10.4 Å². The third kappa shape index (κ3) is 3.17. The summed E-state index contributed by atoms with van der Waals surface area (Å²) in [5.41, 5.74) is 1.76. The van der Waals surface area contributed by atoms with E-state index in [0.29, 0.717) is 11.1 Å². The SMILES string of the molecule is CC(=O)c1cccc(Nc2ccccc2C(C)(C)C(=O)O)c1. The van der Waals surface area contributed by atoms with Crippen molar-refractivity contribution in [1.82, 2.24) is 0 Å². The van der Waals surface area contributed by atoms with Gasteiger partial charge in [-0.05, 0) is 44.5 Å². The van der Waals surface area contributed by atoms with Gasteiger partial charge in [0.25, 0.3) is 0 Å². The first kappa shape index (κ1) is 15.8. The molecule has 0 aliphatic carbocycles. The van der Waals surface area contributed by atoms with E-state index >= 15 is 0 Å². The predicted molar refractivity (Wildman–Crippen MR) is 86.8 cm³/mol. The van der Waals surface area contributed by atoms with E-state index in [-0.39, 0.29) is 5.78 Å². The topological polar surface area (TPSA) is 66.4 Å². The lowest BCUT2D eigenvalue weighted by Crippen LogP contribution is -2.29. The van der Waals surface area contributed by atoms with E-state index in [1.54, 1.807) is 38.1 Å². The molecular weight excluding hydrogens is 278 g/mol. The van der Waals surface area contributed by atoms with Gasteiger partial charge in [-0.15, -0.1) is 0 Å². The number of carbonyl (C=O) groups excluding carboxylic acids is 1. The Kier molecular flexibility index (Phi) is 4.31. The molecule has 2 aromatic rings. The summed E-state index contributed by atoms with van der Waals surface area (Å²) in [5.74, 6) is -0.901. The van der Waals surface area contributed by atoms with Crippen molar-refractivity contribution in [3.8, 4) is 0 Å². The molecule has 0 aromatic heterocycles. The number of rotatable bonds is 5. The van der Waals surface area contributed by atoms with E-state index < -0.39 is 11.4 Å². The summed E-state index contributed by atoms with van der Waals surface area (Å²) in [6.45, 7) is 4.85. The minimum atomic E-state index is -1.01. The number of benzene rings is 2. The molecular formula is C18H19NO3. The van der Waals surface area contributed by atoms with Gasteiger partial charge >= 0.3 is 5.97 Å². The molecule has 0 fully saturated rings. The number of para-hydroxylation sites is 1. The fraction of sp³-hybridized carbons (Fsp3) is 0.222. The van der Waals surface area contributed by atoms with Gasteiger partial charge in [0.2, 0.25) is 0 Å². The molecule has 0 saturated heterocycles. The van der Waals surface area contributed by atoms with Crippen LogP contribution in [0.3, 0.4) is 0 Å². The summed E-state index contributed by atoms with van der Waals surface area (Å²) in [4.78, 5) is 23.0. The third-order valence-electron chi connectivity index (χ3n) is 3.68. The zero-order valence-electron chi connectivity index (χ0n) is 12.9. The average molecular weight is 297 g/mol. The van der Waals surface area contributed by atoms with E-state index in [1.165, 1.54) is 6.92 Å². The molecule has 4 nitrogen and oxygen atoms in total. The van der Waals surface area contributed by atoms with Crippen LogP contribution < -0.4 is 5.32 Å². The number of carboxylic acids is 1. The van der Waals surface area contributed by atoms with Gasteiger partial charge in [0, 0.05) is 16.9 Å². The second kappa shape index (κ2) is 6.02. The molecule has 0 spiro atoms. The highest BCUT2D eigenvalue weighted by Gasteiger charge is 2.31. The molecule has 4 heteroatoms. The maximum Gasteiger partial charge on any atom is 0.313 e. The van der Waals surface area contributed by atoms with Crippen LogP contribution in [0.2, 0.25) is 0 Å². The minimum absolute atomic E-state index is 0.0113. The molecule has 2 aromatic carbocycles. The van der Waals surface area contributed by atoms with Gasteiger partial charge in [0.05, 0.1) is 5.41 Å². The first-order chi connectivity index (χ1) is 10.3. The van der Waals surface area contributed by atoms with Crippen LogP contribution in [0.1, 0.15) is 36.7 Å². The molecule has 0 radical (unpaired) electrons. The van der Waals surface area contributed by atoms with E-state index in [2.05, 4.69) is 5.32 Å². The van der Waals surface area contributed by atoms with Crippen molar-refractivity contribution in [1.29, 1.82) is 0 Å². The monoisotopic (exact) mass is 297 g/mol. The Bertz CT molecular complexity index is 720. The number of Topliss-reactive ketones (excluding diaryl/α,β-unsaturated/α-hetero) is 1. The van der Waals surface area contributed by atoms with Gasteiger partial charge in [-0.2, -0.15) is 0 Å². The molecule has 22 heavy (non-hydrogen) atoms. The molecule has 0 atom stereocenters. The Morgan fingerprint density at radius 2 is 1.73 bits per heavy atom. The highest BCUT2D eigenvalue weighted by molar-refractivity contribution is 5.95. The molecule has 2 N–H and O–H groups in total. The van der Waals surface area contributed by atoms with Gasteiger partial charge in [0.15, 0.2) is 5.78 Å². The van der Waals surface area contributed by atoms with Crippen LogP contribution in [0.25, 0.3) is 0 Å². The number of hydrogen-bond acceptors (Lipinski definition) is 3. The van der Waals surface area contributed by atoms with Crippen molar-refractivity contribution >= 4 is 23.1 Å². The van der Waals surface area contributed by atoms with Gasteiger partial charge in [-0.1, -0.05) is 30.3 Å². The number of carbonyl (C=O) groups is 2. The zero-order chi connectivity index (χ0) is 16.3. The number of ketones is 1. The summed E-state index contributed by atoms with van der Waals surface area (Å²) in [6.07, 6.45) is 0. The molecule has 0 saturated carbocycles. The van der Waals surface area contributed by atoms with Crippen LogP contribution in [0.4, 0.5) is 11.4 Å². The number of anilines is 2. The van der Waals surface area contributed by atoms with Crippen molar-refractivity contribution < 1.29 is 14.7 Å². The summed E-state index contributed by atoms with van der Waals surface area (Å²) in [5, 5.41) is 12.6. The van der Waals surface area contributed by atoms with Crippen LogP contribution in [0.5, 0.6) is 0 Å². The summed E-state index contributed by atoms with van der Waals surface area (Å²) in [7, 11) is 0. The van der Waals surface area contributed by atoms with Crippen molar-refractivity contribution in [3.63, 3.8) is 0 Å². The molecule has 0 aliphatic rings. The minimum Gasteiger partial charge on any atom is -0.481 e. The molecule has 0 heterocycles. The standard InChI is InChI=1S/C18H19NO3/c1-12(20)13-7-6-8-14(11-13)19-16-10-5-4-9-15(16)18(2,3)17(21)22/h4-11,19H,1-3H3,(H,21,22). The Balaban J connectivity index is 2.41. The van der Waals surface area contributed by atoms with E-state index in [4.69, 9.17) is 0 Å². The normalized spacial score (nSPS) is 11.0. The van der Waals surface area contributed by atoms with Crippen molar-refractivity contribution in [2.24, 2.45) is 0 Å². The quantitative estimate of drug-likeness (QED) is 0.819.